The van der Waals surface area contributed by atoms with Gasteiger partial charge < -0.3 is 19.3 Å². The Hall–Kier alpha value is -3.12. The van der Waals surface area contributed by atoms with Crippen LogP contribution in [0, 0.1) is 0 Å². The Labute approximate surface area is 175 Å². The first kappa shape index (κ1) is 20.2. The number of hydrogen-bond donors (Lipinski definition) is 1. The molecule has 0 atom stereocenters. The number of ether oxygens (including phenoxy) is 1. The second-order valence-electron chi connectivity index (χ2n) is 7.96. The van der Waals surface area contributed by atoms with E-state index in [1.54, 1.807) is 6.07 Å². The molecule has 0 aliphatic carbocycles. The number of esters is 1. The highest BCUT2D eigenvalue weighted by Crippen LogP contribution is 2.36. The number of hydrogen-bond acceptors (Lipinski definition) is 4. The van der Waals surface area contributed by atoms with Crippen molar-refractivity contribution in [3.63, 3.8) is 0 Å². The van der Waals surface area contributed by atoms with Crippen molar-refractivity contribution >= 4 is 22.8 Å². The van der Waals surface area contributed by atoms with Crippen molar-refractivity contribution in [2.75, 3.05) is 20.1 Å². The van der Waals surface area contributed by atoms with Gasteiger partial charge in [-0.1, -0.05) is 30.3 Å². The average molecular weight is 406 g/mol. The van der Waals surface area contributed by atoms with Crippen molar-refractivity contribution in [2.24, 2.45) is 0 Å². The zero-order valence-electron chi connectivity index (χ0n) is 17.1. The van der Waals surface area contributed by atoms with Crippen LogP contribution in [-0.4, -0.2) is 46.6 Å². The van der Waals surface area contributed by atoms with Crippen LogP contribution in [0.25, 0.3) is 10.9 Å². The lowest BCUT2D eigenvalue weighted by molar-refractivity contribution is -0.158. The maximum Gasteiger partial charge on any atom is 0.422 e. The van der Waals surface area contributed by atoms with E-state index in [2.05, 4.69) is 47.0 Å². The number of carboxylic acid groups (broad SMARTS) is 1. The summed E-state index contributed by atoms with van der Waals surface area (Å²) in [7, 11) is 2.14. The maximum atomic E-state index is 11.5. The summed E-state index contributed by atoms with van der Waals surface area (Å²) in [5.74, 6) is -2.15. The topological polar surface area (TPSA) is 71.8 Å². The molecule has 1 aliphatic heterocycles. The Morgan fingerprint density at radius 2 is 1.83 bits per heavy atom. The van der Waals surface area contributed by atoms with Crippen LogP contribution >= 0.6 is 0 Å². The van der Waals surface area contributed by atoms with Gasteiger partial charge in [-0.25, -0.2) is 9.59 Å². The van der Waals surface area contributed by atoms with E-state index in [0.29, 0.717) is 5.92 Å². The average Bonchev–Trinajstić information content (AvgIpc) is 3.11. The molecule has 2 aromatic carbocycles. The van der Waals surface area contributed by atoms with Gasteiger partial charge >= 0.3 is 11.9 Å². The molecule has 0 radical (unpaired) electrons. The number of rotatable bonds is 5. The summed E-state index contributed by atoms with van der Waals surface area (Å²) in [4.78, 5) is 24.7. The third-order valence-corrected chi connectivity index (χ3v) is 5.91. The number of aliphatic carboxylic acids is 1. The third kappa shape index (κ3) is 4.39. The molecule has 4 rings (SSSR count). The summed E-state index contributed by atoms with van der Waals surface area (Å²) in [6.45, 7) is 2.95. The van der Waals surface area contributed by atoms with Gasteiger partial charge in [0, 0.05) is 23.6 Å². The van der Waals surface area contributed by atoms with Crippen LogP contribution in [-0.2, 0) is 22.6 Å². The van der Waals surface area contributed by atoms with Crippen LogP contribution < -0.4 is 4.74 Å². The molecule has 0 bridgehead atoms. The molecular formula is C24H26N2O4. The number of nitrogens with zero attached hydrogens (tertiary/aromatic N) is 2. The van der Waals surface area contributed by atoms with E-state index < -0.39 is 11.9 Å². The van der Waals surface area contributed by atoms with Gasteiger partial charge in [-0.05, 0) is 74.6 Å². The molecule has 1 aromatic heterocycles. The maximum absolute atomic E-state index is 11.5. The number of benzene rings is 2. The van der Waals surface area contributed by atoms with Crippen molar-refractivity contribution in [1.82, 2.24) is 9.47 Å². The standard InChI is InChI=1S/C24H26N2O4/c1-25-12-10-18(11-13-25)21-16-26(14-9-17-5-3-2-4-6-17)22-8-7-19(15-20(21)22)30-24(29)23(27)28/h2-8,15-16,18H,9-14H2,1H3,(H,27,28). The summed E-state index contributed by atoms with van der Waals surface area (Å²) >= 11 is 0. The molecule has 1 fully saturated rings. The second kappa shape index (κ2) is 8.71. The second-order valence-corrected chi connectivity index (χ2v) is 7.96. The lowest BCUT2D eigenvalue weighted by Crippen LogP contribution is -2.29. The Bertz CT molecular complexity index is 1050. The molecule has 0 saturated carbocycles. The molecule has 1 saturated heterocycles. The van der Waals surface area contributed by atoms with Crippen LogP contribution in [0.2, 0.25) is 0 Å². The zero-order chi connectivity index (χ0) is 21.1. The first-order valence-electron chi connectivity index (χ1n) is 10.3. The molecule has 6 nitrogen and oxygen atoms in total. The van der Waals surface area contributed by atoms with Gasteiger partial charge in [-0.3, -0.25) is 0 Å². The minimum atomic E-state index is -1.59. The highest BCUT2D eigenvalue weighted by molar-refractivity contribution is 6.29. The van der Waals surface area contributed by atoms with Crippen LogP contribution in [0.5, 0.6) is 5.75 Å². The number of carbonyl (C=O) groups excluding carboxylic acids is 1. The van der Waals surface area contributed by atoms with Gasteiger partial charge in [-0.2, -0.15) is 0 Å². The van der Waals surface area contributed by atoms with Crippen molar-refractivity contribution in [1.29, 1.82) is 0 Å². The van der Waals surface area contributed by atoms with E-state index in [9.17, 15) is 9.59 Å². The van der Waals surface area contributed by atoms with E-state index in [1.165, 1.54) is 11.1 Å². The van der Waals surface area contributed by atoms with Crippen LogP contribution in [0.15, 0.2) is 54.7 Å². The van der Waals surface area contributed by atoms with Crippen LogP contribution in [0.4, 0.5) is 0 Å². The molecule has 0 spiro atoms. The molecule has 156 valence electrons. The summed E-state index contributed by atoms with van der Waals surface area (Å²) < 4.78 is 7.29. The number of aryl methyl sites for hydroxylation is 2. The van der Waals surface area contributed by atoms with Gasteiger partial charge in [0.2, 0.25) is 0 Å². The lowest BCUT2D eigenvalue weighted by atomic mass is 9.89. The van der Waals surface area contributed by atoms with Gasteiger partial charge in [0.25, 0.3) is 0 Å². The Morgan fingerprint density at radius 1 is 1.10 bits per heavy atom. The summed E-state index contributed by atoms with van der Waals surface area (Å²) in [6, 6.07) is 15.8. The number of aromatic nitrogens is 1. The normalized spacial score (nSPS) is 15.4. The monoisotopic (exact) mass is 406 g/mol. The fourth-order valence-corrected chi connectivity index (χ4v) is 4.24. The molecule has 0 amide bonds. The first-order valence-corrected chi connectivity index (χ1v) is 10.3. The highest BCUT2D eigenvalue weighted by Gasteiger charge is 2.23. The summed E-state index contributed by atoms with van der Waals surface area (Å²) in [5.41, 5.74) is 3.61. The SMILES string of the molecule is CN1CCC(c2cn(CCc3ccccc3)c3ccc(OC(=O)C(=O)O)cc23)CC1. The zero-order valence-corrected chi connectivity index (χ0v) is 17.1. The fraction of sp³-hybridized carbons (Fsp3) is 0.333. The van der Waals surface area contributed by atoms with E-state index >= 15 is 0 Å². The predicted octanol–water partition coefficient (Wildman–Crippen LogP) is 3.68. The number of fused-ring (bicyclic) bond motifs is 1. The lowest BCUT2D eigenvalue weighted by Gasteiger charge is -2.28. The molecule has 3 aromatic rings. The number of likely N-dealkylation sites (tertiary alicyclic amines) is 1. The Morgan fingerprint density at radius 3 is 2.53 bits per heavy atom. The molecule has 0 unspecified atom stereocenters. The van der Waals surface area contributed by atoms with Crippen LogP contribution in [0.1, 0.15) is 29.9 Å². The Balaban J connectivity index is 1.67. The van der Waals surface area contributed by atoms with Crippen molar-refractivity contribution in [2.45, 2.75) is 31.7 Å². The molecule has 30 heavy (non-hydrogen) atoms. The minimum absolute atomic E-state index is 0.268. The predicted molar refractivity (Wildman–Crippen MR) is 115 cm³/mol. The van der Waals surface area contributed by atoms with Gasteiger partial charge in [-0.15, -0.1) is 0 Å². The molecule has 1 N–H and O–H groups in total. The van der Waals surface area contributed by atoms with Gasteiger partial charge in [0.1, 0.15) is 5.75 Å². The Kier molecular flexibility index (Phi) is 5.86. The highest BCUT2D eigenvalue weighted by atomic mass is 16.6. The fourth-order valence-electron chi connectivity index (χ4n) is 4.24. The smallest absolute Gasteiger partial charge is 0.422 e. The van der Waals surface area contributed by atoms with Gasteiger partial charge in [0.05, 0.1) is 0 Å². The third-order valence-electron chi connectivity index (χ3n) is 5.91. The van der Waals surface area contributed by atoms with E-state index in [4.69, 9.17) is 9.84 Å². The quantitative estimate of drug-likeness (QED) is 0.398. The molecule has 1 aliphatic rings. The summed E-state index contributed by atoms with van der Waals surface area (Å²) in [5, 5.41) is 9.87. The van der Waals surface area contributed by atoms with E-state index in [0.717, 1.165) is 49.8 Å². The van der Waals surface area contributed by atoms with E-state index in [-0.39, 0.29) is 5.75 Å². The number of piperidine rings is 1. The van der Waals surface area contributed by atoms with Crippen LogP contribution in [0.3, 0.4) is 0 Å². The minimum Gasteiger partial charge on any atom is -0.473 e. The largest absolute Gasteiger partial charge is 0.473 e. The molecular weight excluding hydrogens is 380 g/mol. The summed E-state index contributed by atoms with van der Waals surface area (Å²) in [6.07, 6.45) is 5.31. The number of carbonyl (C=O) groups is 2. The van der Waals surface area contributed by atoms with Crippen molar-refractivity contribution in [3.8, 4) is 5.75 Å². The van der Waals surface area contributed by atoms with Gasteiger partial charge in [0.15, 0.2) is 0 Å². The van der Waals surface area contributed by atoms with Crippen molar-refractivity contribution < 1.29 is 19.4 Å². The number of carboxylic acids is 1. The first-order chi connectivity index (χ1) is 14.5. The van der Waals surface area contributed by atoms with E-state index in [1.807, 2.05) is 18.2 Å². The molecule has 6 heteroatoms. The van der Waals surface area contributed by atoms with Crippen molar-refractivity contribution in [3.05, 3.63) is 65.9 Å². The molecule has 2 heterocycles.